The van der Waals surface area contributed by atoms with E-state index < -0.39 is 0 Å². The van der Waals surface area contributed by atoms with Crippen molar-refractivity contribution in [1.29, 1.82) is 0 Å². The lowest BCUT2D eigenvalue weighted by molar-refractivity contribution is 1.11. The summed E-state index contributed by atoms with van der Waals surface area (Å²) in [7, 11) is -0.597. The molecule has 23 heavy (non-hydrogen) atoms. The summed E-state index contributed by atoms with van der Waals surface area (Å²) in [5, 5.41) is 3.65. The molecule has 0 aliphatic carbocycles. The lowest BCUT2D eigenvalue weighted by atomic mass is 10.1. The van der Waals surface area contributed by atoms with Crippen molar-refractivity contribution in [2.24, 2.45) is 0 Å². The quantitative estimate of drug-likeness (QED) is 0.706. The molecule has 1 aliphatic heterocycles. The maximum atomic E-state index is 2.39. The fourth-order valence-corrected chi connectivity index (χ4v) is 14.9. The summed E-state index contributed by atoms with van der Waals surface area (Å²) in [6.45, 7) is 9.31. The number of hydrogen-bond donors (Lipinski definition) is 0. The van der Waals surface area contributed by atoms with E-state index in [4.69, 9.17) is 0 Å². The summed E-state index contributed by atoms with van der Waals surface area (Å²) in [4.78, 5) is 0. The molecule has 1 fully saturated rings. The molecule has 0 bridgehead atoms. The molecule has 1 heterocycles. The van der Waals surface area contributed by atoms with E-state index in [1.165, 1.54) is 25.7 Å². The van der Waals surface area contributed by atoms with E-state index >= 15 is 0 Å². The minimum absolute atomic E-state index is 0.299. The van der Waals surface area contributed by atoms with Crippen LogP contribution in [0.25, 0.3) is 0 Å². The van der Waals surface area contributed by atoms with Crippen molar-refractivity contribution >= 4 is 27.0 Å². The molecule has 0 nitrogen and oxygen atoms in total. The van der Waals surface area contributed by atoms with Crippen molar-refractivity contribution < 1.29 is 0 Å². The van der Waals surface area contributed by atoms with E-state index in [2.05, 4.69) is 64.1 Å². The van der Waals surface area contributed by atoms with E-state index in [1.807, 2.05) is 10.4 Å². The molecule has 2 heteroatoms. The largest absolute Gasteiger partial charge is 0.0784 e. The molecule has 120 valence electrons. The van der Waals surface area contributed by atoms with Gasteiger partial charge in [-0.05, 0) is 47.9 Å². The van der Waals surface area contributed by atoms with Crippen LogP contribution in [0.1, 0.15) is 49.9 Å². The zero-order chi connectivity index (χ0) is 16.4. The second kappa shape index (κ2) is 7.19. The molecule has 2 aromatic carbocycles. The average molecular weight is 337 g/mol. The highest BCUT2D eigenvalue weighted by molar-refractivity contribution is 7.50. The highest BCUT2D eigenvalue weighted by Crippen LogP contribution is 2.26. The average Bonchev–Trinajstić information content (AvgIpc) is 3.39. The Morgan fingerprint density at radius 2 is 0.913 bits per heavy atom. The Hall–Kier alpha value is -1.13. The van der Waals surface area contributed by atoms with E-state index in [0.29, 0.717) is 0 Å². The Kier molecular flexibility index (Phi) is 5.22. The summed E-state index contributed by atoms with van der Waals surface area (Å²) in [5.41, 5.74) is 8.12. The molecule has 0 N–H and O–H groups in total. The Balaban J connectivity index is 2.01. The monoisotopic (exact) mass is 336 g/mol. The van der Waals surface area contributed by atoms with Crippen LogP contribution in [0.4, 0.5) is 0 Å². The third kappa shape index (κ3) is 3.11. The van der Waals surface area contributed by atoms with Crippen molar-refractivity contribution in [3.63, 3.8) is 0 Å². The molecule has 2 aromatic rings. The maximum absolute atomic E-state index is 2.39. The highest BCUT2D eigenvalue weighted by Gasteiger charge is 2.46. The van der Waals surface area contributed by atoms with Gasteiger partial charge < -0.3 is 0 Å². The van der Waals surface area contributed by atoms with Gasteiger partial charge in [0.05, 0.1) is 16.6 Å². The van der Waals surface area contributed by atoms with Crippen LogP contribution in [-0.4, -0.2) is 16.6 Å². The van der Waals surface area contributed by atoms with Gasteiger partial charge in [-0.15, -0.1) is 0 Å². The number of rotatable bonds is 6. The number of hydrogen-bond acceptors (Lipinski definition) is 0. The number of benzene rings is 2. The lowest BCUT2D eigenvalue weighted by Crippen LogP contribution is -2.37. The predicted octanol–water partition coefficient (Wildman–Crippen LogP) is 3.67. The van der Waals surface area contributed by atoms with Gasteiger partial charge in [0.1, 0.15) is 0 Å². The lowest BCUT2D eigenvalue weighted by Gasteiger charge is -2.15. The maximum Gasteiger partial charge on any atom is 0.0784 e. The topological polar surface area (TPSA) is 0 Å². The molecular formula is C21H28Si2. The molecule has 3 rings (SSSR count). The Bertz CT molecular complexity index is 586. The fourth-order valence-electron chi connectivity index (χ4n) is 3.87. The first kappa shape index (κ1) is 16.7. The number of aryl methyl sites for hydroxylation is 4. The van der Waals surface area contributed by atoms with Crippen LogP contribution in [0, 0.1) is 0 Å². The van der Waals surface area contributed by atoms with Gasteiger partial charge in [0.15, 0.2) is 0 Å². The molecule has 0 atom stereocenters. The van der Waals surface area contributed by atoms with Crippen molar-refractivity contribution in [2.75, 3.05) is 0 Å². The fraction of sp³-hybridized carbons (Fsp3) is 0.429. The molecule has 1 aliphatic rings. The molecule has 1 saturated heterocycles. The summed E-state index contributed by atoms with van der Waals surface area (Å²) >= 11 is 0. The van der Waals surface area contributed by atoms with Crippen LogP contribution in [-0.2, 0) is 25.7 Å². The van der Waals surface area contributed by atoms with Crippen LogP contribution in [0.2, 0.25) is 5.67 Å². The van der Waals surface area contributed by atoms with Crippen LogP contribution in [0.3, 0.4) is 0 Å². The van der Waals surface area contributed by atoms with Crippen molar-refractivity contribution in [2.45, 2.75) is 59.0 Å². The minimum Gasteiger partial charge on any atom is -0.0617 e. The summed E-state index contributed by atoms with van der Waals surface area (Å²) in [5.74, 6) is 0. The molecule has 2 radical (unpaired) electrons. The van der Waals surface area contributed by atoms with E-state index in [-0.39, 0.29) is 16.6 Å². The van der Waals surface area contributed by atoms with Crippen LogP contribution < -0.4 is 10.4 Å². The normalized spacial score (nSPS) is 15.1. The third-order valence-electron chi connectivity index (χ3n) is 5.19. The second-order valence-corrected chi connectivity index (χ2v) is 14.4. The van der Waals surface area contributed by atoms with Crippen LogP contribution >= 0.6 is 0 Å². The SMILES string of the molecule is CCc1cccc(CC)c1[Si]1C[Si]1c1c(CC)cccc1CC. The van der Waals surface area contributed by atoms with E-state index in [9.17, 15) is 0 Å². The van der Waals surface area contributed by atoms with Gasteiger partial charge in [-0.25, -0.2) is 0 Å². The minimum atomic E-state index is -0.299. The molecular weight excluding hydrogens is 308 g/mol. The first-order chi connectivity index (χ1) is 11.2. The molecule has 0 unspecified atom stereocenters. The van der Waals surface area contributed by atoms with Crippen molar-refractivity contribution in [3.05, 3.63) is 58.7 Å². The van der Waals surface area contributed by atoms with Crippen molar-refractivity contribution in [3.8, 4) is 0 Å². The van der Waals surface area contributed by atoms with E-state index in [0.717, 1.165) is 0 Å². The highest BCUT2D eigenvalue weighted by atomic mass is 29.3. The Morgan fingerprint density at radius 3 is 1.17 bits per heavy atom. The van der Waals surface area contributed by atoms with Gasteiger partial charge in [-0.2, -0.15) is 0 Å². The second-order valence-electron chi connectivity index (χ2n) is 6.45. The van der Waals surface area contributed by atoms with Gasteiger partial charge in [0, 0.05) is 0 Å². The molecule has 0 saturated carbocycles. The third-order valence-corrected chi connectivity index (χ3v) is 13.9. The Morgan fingerprint density at radius 1 is 0.609 bits per heavy atom. The van der Waals surface area contributed by atoms with E-state index in [1.54, 1.807) is 27.9 Å². The van der Waals surface area contributed by atoms with Gasteiger partial charge in [-0.3, -0.25) is 0 Å². The zero-order valence-corrected chi connectivity index (χ0v) is 17.0. The van der Waals surface area contributed by atoms with Gasteiger partial charge in [0.25, 0.3) is 0 Å². The smallest absolute Gasteiger partial charge is 0.0617 e. The zero-order valence-electron chi connectivity index (χ0n) is 15.0. The molecule has 0 spiro atoms. The summed E-state index contributed by atoms with van der Waals surface area (Å²) in [6, 6.07) is 14.1. The summed E-state index contributed by atoms with van der Waals surface area (Å²) in [6.07, 6.45) is 4.79. The van der Waals surface area contributed by atoms with Gasteiger partial charge in [-0.1, -0.05) is 80.1 Å². The van der Waals surface area contributed by atoms with Crippen LogP contribution in [0.15, 0.2) is 36.4 Å². The molecule has 0 amide bonds. The van der Waals surface area contributed by atoms with Crippen LogP contribution in [0.5, 0.6) is 0 Å². The summed E-state index contributed by atoms with van der Waals surface area (Å²) < 4.78 is 0. The van der Waals surface area contributed by atoms with Gasteiger partial charge in [0.2, 0.25) is 0 Å². The molecule has 0 aromatic heterocycles. The Labute approximate surface area is 145 Å². The standard InChI is InChI=1S/C21H28Si2/c1-5-16-11-9-12-17(6-2)20(16)22-15-23(22)21-18(7-3)13-10-14-19(21)8-4/h9-14H,5-8,15H2,1-4H3. The predicted molar refractivity (Wildman–Crippen MR) is 106 cm³/mol. The first-order valence-electron chi connectivity index (χ1n) is 9.19. The van der Waals surface area contributed by atoms with Crippen molar-refractivity contribution in [1.82, 2.24) is 0 Å². The van der Waals surface area contributed by atoms with Gasteiger partial charge >= 0.3 is 0 Å². The first-order valence-corrected chi connectivity index (χ1v) is 13.6.